The van der Waals surface area contributed by atoms with E-state index in [1.54, 1.807) is 0 Å². The predicted octanol–water partition coefficient (Wildman–Crippen LogP) is 3.47. The summed E-state index contributed by atoms with van der Waals surface area (Å²) in [5.41, 5.74) is 0. The molecule has 0 saturated carbocycles. The smallest absolute Gasteiger partial charge is 0.389 e. The van der Waals surface area contributed by atoms with Crippen molar-refractivity contribution < 1.29 is 30.7 Å². The molecule has 1 aromatic rings. The first-order valence-electron chi connectivity index (χ1n) is 5.03. The van der Waals surface area contributed by atoms with Gasteiger partial charge in [-0.2, -0.15) is 13.2 Å². The second-order valence-electron chi connectivity index (χ2n) is 3.60. The molecule has 0 radical (unpaired) electrons. The lowest BCUT2D eigenvalue weighted by Gasteiger charge is -2.09. The van der Waals surface area contributed by atoms with E-state index < -0.39 is 32.4 Å². The molecule has 0 atom stereocenters. The van der Waals surface area contributed by atoms with Gasteiger partial charge in [-0.15, -0.1) is 0 Å². The zero-order valence-electron chi connectivity index (χ0n) is 9.38. The summed E-state index contributed by atoms with van der Waals surface area (Å²) in [5, 5.41) is 0. The molecule has 0 aliphatic carbocycles. The van der Waals surface area contributed by atoms with Gasteiger partial charge in [0.25, 0.3) is 9.05 Å². The van der Waals surface area contributed by atoms with Crippen molar-refractivity contribution in [2.45, 2.75) is 23.9 Å². The summed E-state index contributed by atoms with van der Waals surface area (Å²) in [4.78, 5) is -0.450. The highest BCUT2D eigenvalue weighted by Gasteiger charge is 2.26. The highest BCUT2D eigenvalue weighted by molar-refractivity contribution is 8.13. The molecule has 0 aliphatic heterocycles. The minimum absolute atomic E-state index is 0.321. The maximum atomic E-state index is 13.4. The van der Waals surface area contributed by atoms with E-state index in [9.17, 15) is 26.0 Å². The van der Waals surface area contributed by atoms with Crippen molar-refractivity contribution in [3.8, 4) is 5.75 Å². The normalized spacial score (nSPS) is 12.5. The van der Waals surface area contributed by atoms with Gasteiger partial charge >= 0.3 is 6.18 Å². The molecule has 3 nitrogen and oxygen atoms in total. The van der Waals surface area contributed by atoms with Crippen LogP contribution in [0.5, 0.6) is 5.75 Å². The van der Waals surface area contributed by atoms with E-state index in [1.807, 2.05) is 0 Å². The van der Waals surface area contributed by atoms with Crippen molar-refractivity contribution >= 4 is 19.7 Å². The highest BCUT2D eigenvalue weighted by atomic mass is 35.7. The average Bonchev–Trinajstić information content (AvgIpc) is 2.23. The second-order valence-corrected chi connectivity index (χ2v) is 6.16. The molecule has 0 spiro atoms. The Hall–Kier alpha value is -1.02. The maximum Gasteiger partial charge on any atom is 0.389 e. The maximum absolute atomic E-state index is 13.4. The monoisotopic (exact) mass is 320 g/mol. The van der Waals surface area contributed by atoms with Gasteiger partial charge in [-0.1, -0.05) is 0 Å². The zero-order chi connectivity index (χ0) is 14.7. The van der Waals surface area contributed by atoms with Crippen molar-refractivity contribution in [3.63, 3.8) is 0 Å². The topological polar surface area (TPSA) is 43.4 Å². The number of hydrogen-bond acceptors (Lipinski definition) is 3. The predicted molar refractivity (Wildman–Crippen MR) is 60.2 cm³/mol. The van der Waals surface area contributed by atoms with Gasteiger partial charge in [0.15, 0.2) is 11.6 Å². The van der Waals surface area contributed by atoms with E-state index in [0.717, 1.165) is 12.1 Å². The van der Waals surface area contributed by atoms with E-state index in [0.29, 0.717) is 6.07 Å². The van der Waals surface area contributed by atoms with Gasteiger partial charge < -0.3 is 4.74 Å². The number of ether oxygens (including phenoxy) is 1. The van der Waals surface area contributed by atoms with E-state index in [4.69, 9.17) is 15.4 Å². The Balaban J connectivity index is 2.61. The van der Waals surface area contributed by atoms with Crippen LogP contribution in [0.4, 0.5) is 17.6 Å². The van der Waals surface area contributed by atoms with Gasteiger partial charge in [0, 0.05) is 17.1 Å². The summed E-state index contributed by atoms with van der Waals surface area (Å²) < 4.78 is 75.5. The highest BCUT2D eigenvalue weighted by Crippen LogP contribution is 2.24. The molecule has 108 valence electrons. The van der Waals surface area contributed by atoms with E-state index >= 15 is 0 Å². The number of benzene rings is 1. The first-order valence-corrected chi connectivity index (χ1v) is 7.34. The largest absolute Gasteiger partial charge is 0.491 e. The van der Waals surface area contributed by atoms with Gasteiger partial charge in [0.1, 0.15) is 0 Å². The van der Waals surface area contributed by atoms with Crippen molar-refractivity contribution in [1.82, 2.24) is 0 Å². The van der Waals surface area contributed by atoms with E-state index in [2.05, 4.69) is 0 Å². The van der Waals surface area contributed by atoms with Gasteiger partial charge in [0.05, 0.1) is 11.5 Å². The molecule has 0 bridgehead atoms. The number of alkyl halides is 3. The summed E-state index contributed by atoms with van der Waals surface area (Å²) in [7, 11) is 0.941. The number of halogens is 5. The van der Waals surface area contributed by atoms with Crippen LogP contribution in [0.3, 0.4) is 0 Å². The third-order valence-electron chi connectivity index (χ3n) is 2.05. The van der Waals surface area contributed by atoms with Crippen LogP contribution < -0.4 is 4.74 Å². The Morgan fingerprint density at radius 2 is 1.89 bits per heavy atom. The van der Waals surface area contributed by atoms with Crippen LogP contribution in [0.1, 0.15) is 12.8 Å². The first kappa shape index (κ1) is 16.0. The standard InChI is InChI=1S/C10H9ClF4O3S/c11-19(16,17)7-2-3-9(8(12)6-7)18-5-1-4-10(13,14)15/h2-3,6H,1,4-5H2. The summed E-state index contributed by atoms with van der Waals surface area (Å²) in [5.74, 6) is -1.33. The van der Waals surface area contributed by atoms with Crippen LogP contribution in [0.25, 0.3) is 0 Å². The lowest BCUT2D eigenvalue weighted by molar-refractivity contribution is -0.136. The third kappa shape index (κ3) is 5.65. The van der Waals surface area contributed by atoms with Crippen molar-refractivity contribution in [1.29, 1.82) is 0 Å². The fraction of sp³-hybridized carbons (Fsp3) is 0.400. The molecule has 19 heavy (non-hydrogen) atoms. The molecule has 0 amide bonds. The number of rotatable bonds is 5. The SMILES string of the molecule is O=S(=O)(Cl)c1ccc(OCCCC(F)(F)F)c(F)c1. The minimum Gasteiger partial charge on any atom is -0.491 e. The summed E-state index contributed by atoms with van der Waals surface area (Å²) in [6, 6.07) is 2.64. The Bertz CT molecular complexity index is 542. The molecule has 0 fully saturated rings. The Kier molecular flexibility index (Phi) is 5.03. The number of hydrogen-bond donors (Lipinski definition) is 0. The summed E-state index contributed by atoms with van der Waals surface area (Å²) in [6.45, 7) is -0.330. The lowest BCUT2D eigenvalue weighted by atomic mass is 10.3. The quantitative estimate of drug-likeness (QED) is 0.474. The second kappa shape index (κ2) is 5.96. The van der Waals surface area contributed by atoms with E-state index in [-0.39, 0.29) is 18.8 Å². The fourth-order valence-electron chi connectivity index (χ4n) is 1.21. The van der Waals surface area contributed by atoms with Crippen LogP contribution in [-0.2, 0) is 9.05 Å². The van der Waals surface area contributed by atoms with Gasteiger partial charge in [-0.05, 0) is 24.6 Å². The van der Waals surface area contributed by atoms with Gasteiger partial charge in [-0.25, -0.2) is 12.8 Å². The molecule has 0 aromatic heterocycles. The van der Waals surface area contributed by atoms with Crippen molar-refractivity contribution in [2.24, 2.45) is 0 Å². The molecule has 0 N–H and O–H groups in total. The molecule has 1 rings (SSSR count). The first-order chi connectivity index (χ1) is 8.59. The Labute approximate surface area is 111 Å². The van der Waals surface area contributed by atoms with Gasteiger partial charge in [0.2, 0.25) is 0 Å². The zero-order valence-corrected chi connectivity index (χ0v) is 10.9. The van der Waals surface area contributed by atoms with Crippen LogP contribution in [0.15, 0.2) is 23.1 Å². The molecule has 0 unspecified atom stereocenters. The van der Waals surface area contributed by atoms with Crippen molar-refractivity contribution in [3.05, 3.63) is 24.0 Å². The average molecular weight is 321 g/mol. The minimum atomic E-state index is -4.29. The molecular weight excluding hydrogens is 312 g/mol. The molecular formula is C10H9ClF4O3S. The van der Waals surface area contributed by atoms with E-state index in [1.165, 1.54) is 0 Å². The van der Waals surface area contributed by atoms with Crippen molar-refractivity contribution in [2.75, 3.05) is 6.61 Å². The molecule has 0 aliphatic rings. The molecule has 0 saturated heterocycles. The van der Waals surface area contributed by atoms with Gasteiger partial charge in [-0.3, -0.25) is 0 Å². The van der Waals surface area contributed by atoms with Crippen LogP contribution >= 0.6 is 10.7 Å². The molecule has 1 aromatic carbocycles. The summed E-state index contributed by atoms with van der Waals surface area (Å²) in [6.07, 6.45) is -5.65. The summed E-state index contributed by atoms with van der Waals surface area (Å²) >= 11 is 0. The van der Waals surface area contributed by atoms with Crippen LogP contribution in [0, 0.1) is 5.82 Å². The Morgan fingerprint density at radius 1 is 1.26 bits per heavy atom. The lowest BCUT2D eigenvalue weighted by Crippen LogP contribution is -2.10. The third-order valence-corrected chi connectivity index (χ3v) is 3.40. The fourth-order valence-corrected chi connectivity index (χ4v) is 1.97. The molecule has 0 heterocycles. The van der Waals surface area contributed by atoms with Crippen LogP contribution in [-0.4, -0.2) is 21.2 Å². The van der Waals surface area contributed by atoms with Crippen LogP contribution in [0.2, 0.25) is 0 Å². The Morgan fingerprint density at radius 3 is 2.37 bits per heavy atom. The molecule has 9 heteroatoms.